The number of methoxy groups -OCH3 is 1. The summed E-state index contributed by atoms with van der Waals surface area (Å²) in [5, 5.41) is 3.76. The number of rotatable bonds is 6. The van der Waals surface area contributed by atoms with Gasteiger partial charge in [-0.05, 0) is 43.4 Å². The summed E-state index contributed by atoms with van der Waals surface area (Å²) in [6.45, 7) is 4.98. The molecule has 2 N–H and O–H groups in total. The van der Waals surface area contributed by atoms with Crippen molar-refractivity contribution in [3.05, 3.63) is 45.2 Å². The maximum atomic E-state index is 12.1. The molecular weight excluding hydrogens is 280 g/mol. The summed E-state index contributed by atoms with van der Waals surface area (Å²) in [4.78, 5) is 26.8. The first-order valence-electron chi connectivity index (χ1n) is 7.40. The Hall–Kier alpha value is -2.14. The predicted octanol–water partition coefficient (Wildman–Crippen LogP) is 1.84. The average Bonchev–Trinajstić information content (AvgIpc) is 2.46. The lowest BCUT2D eigenvalue weighted by Crippen LogP contribution is -2.27. The molecule has 1 amide bonds. The quantitative estimate of drug-likeness (QED) is 0.800. The topological polar surface area (TPSA) is 71.2 Å². The van der Waals surface area contributed by atoms with Gasteiger partial charge in [0, 0.05) is 25.6 Å². The number of ether oxygens (including phenoxy) is 1. The maximum absolute atomic E-state index is 12.1. The number of H-pyrrole nitrogens is 1. The lowest BCUT2D eigenvalue weighted by atomic mass is 10.0. The standard InChI is InChI=1S/C17H22N2O3/c1-11-8-12(2)16-14(9-11)10-13(17(21)19-16)4-5-15(20)18-6-7-22-3/h8-10H,4-7H2,1-3H3,(H,18,20)(H,19,21). The summed E-state index contributed by atoms with van der Waals surface area (Å²) in [6, 6.07) is 5.97. The molecule has 0 aliphatic carbocycles. The Bertz CT molecular complexity index is 734. The van der Waals surface area contributed by atoms with Crippen LogP contribution in [0.4, 0.5) is 0 Å². The SMILES string of the molecule is COCCNC(=O)CCc1cc2cc(C)cc(C)c2[nH]c1=O. The molecule has 0 saturated carbocycles. The maximum Gasteiger partial charge on any atom is 0.251 e. The number of nitrogens with one attached hydrogen (secondary N) is 2. The van der Waals surface area contributed by atoms with Crippen molar-refractivity contribution in [2.24, 2.45) is 0 Å². The van der Waals surface area contributed by atoms with Crippen molar-refractivity contribution < 1.29 is 9.53 Å². The van der Waals surface area contributed by atoms with Crippen LogP contribution in [0.15, 0.2) is 23.0 Å². The van der Waals surface area contributed by atoms with E-state index in [1.165, 1.54) is 0 Å². The van der Waals surface area contributed by atoms with Crippen molar-refractivity contribution in [2.45, 2.75) is 26.7 Å². The molecule has 5 nitrogen and oxygen atoms in total. The molecule has 5 heteroatoms. The molecule has 0 fully saturated rings. The molecule has 118 valence electrons. The van der Waals surface area contributed by atoms with E-state index in [4.69, 9.17) is 4.74 Å². The number of hydrogen-bond acceptors (Lipinski definition) is 3. The zero-order chi connectivity index (χ0) is 16.1. The molecule has 2 aromatic rings. The van der Waals surface area contributed by atoms with Crippen LogP contribution in [0.3, 0.4) is 0 Å². The van der Waals surface area contributed by atoms with Crippen LogP contribution in [0, 0.1) is 13.8 Å². The van der Waals surface area contributed by atoms with Gasteiger partial charge in [-0.1, -0.05) is 11.6 Å². The molecule has 0 bridgehead atoms. The van der Waals surface area contributed by atoms with Crippen molar-refractivity contribution in [1.82, 2.24) is 10.3 Å². The second-order valence-corrected chi connectivity index (χ2v) is 5.51. The van der Waals surface area contributed by atoms with Crippen LogP contribution in [-0.2, 0) is 16.0 Å². The van der Waals surface area contributed by atoms with E-state index in [0.29, 0.717) is 31.6 Å². The highest BCUT2D eigenvalue weighted by Crippen LogP contribution is 2.18. The van der Waals surface area contributed by atoms with Gasteiger partial charge in [-0.25, -0.2) is 0 Å². The lowest BCUT2D eigenvalue weighted by molar-refractivity contribution is -0.121. The second kappa shape index (κ2) is 7.22. The fourth-order valence-electron chi connectivity index (χ4n) is 2.55. The highest BCUT2D eigenvalue weighted by molar-refractivity contribution is 5.83. The van der Waals surface area contributed by atoms with Crippen LogP contribution in [0.25, 0.3) is 10.9 Å². The van der Waals surface area contributed by atoms with E-state index in [1.807, 2.05) is 32.0 Å². The van der Waals surface area contributed by atoms with Crippen LogP contribution < -0.4 is 10.9 Å². The summed E-state index contributed by atoms with van der Waals surface area (Å²) in [5.74, 6) is -0.0723. The monoisotopic (exact) mass is 302 g/mol. The Balaban J connectivity index is 2.13. The van der Waals surface area contributed by atoms with Crippen molar-refractivity contribution in [2.75, 3.05) is 20.3 Å². The summed E-state index contributed by atoms with van der Waals surface area (Å²) in [6.07, 6.45) is 0.722. The van der Waals surface area contributed by atoms with E-state index < -0.39 is 0 Å². The number of benzene rings is 1. The fourth-order valence-corrected chi connectivity index (χ4v) is 2.55. The number of aryl methyl sites for hydroxylation is 3. The van der Waals surface area contributed by atoms with Gasteiger partial charge in [0.2, 0.25) is 5.91 Å². The number of pyridine rings is 1. The Morgan fingerprint density at radius 1 is 1.27 bits per heavy atom. The third-order valence-electron chi connectivity index (χ3n) is 3.62. The largest absolute Gasteiger partial charge is 0.383 e. The third kappa shape index (κ3) is 3.95. The predicted molar refractivity (Wildman–Crippen MR) is 87.2 cm³/mol. The molecule has 0 unspecified atom stereocenters. The summed E-state index contributed by atoms with van der Waals surface area (Å²) >= 11 is 0. The Labute approximate surface area is 129 Å². The van der Waals surface area contributed by atoms with Gasteiger partial charge in [0.25, 0.3) is 5.56 Å². The van der Waals surface area contributed by atoms with E-state index in [-0.39, 0.29) is 11.5 Å². The van der Waals surface area contributed by atoms with Gasteiger partial charge in [0.05, 0.1) is 12.1 Å². The van der Waals surface area contributed by atoms with Crippen LogP contribution in [0.2, 0.25) is 0 Å². The van der Waals surface area contributed by atoms with Gasteiger partial charge in [0.15, 0.2) is 0 Å². The highest BCUT2D eigenvalue weighted by atomic mass is 16.5. The second-order valence-electron chi connectivity index (χ2n) is 5.51. The average molecular weight is 302 g/mol. The van der Waals surface area contributed by atoms with Crippen LogP contribution in [0.5, 0.6) is 0 Å². The first kappa shape index (κ1) is 16.2. The molecule has 1 aromatic heterocycles. The van der Waals surface area contributed by atoms with Gasteiger partial charge in [-0.2, -0.15) is 0 Å². The minimum Gasteiger partial charge on any atom is -0.383 e. The number of fused-ring (bicyclic) bond motifs is 1. The van der Waals surface area contributed by atoms with Gasteiger partial charge < -0.3 is 15.0 Å². The van der Waals surface area contributed by atoms with Crippen molar-refractivity contribution in [3.8, 4) is 0 Å². The molecule has 22 heavy (non-hydrogen) atoms. The van der Waals surface area contributed by atoms with Gasteiger partial charge >= 0.3 is 0 Å². The first-order valence-corrected chi connectivity index (χ1v) is 7.40. The molecule has 0 saturated heterocycles. The van der Waals surface area contributed by atoms with Crippen LogP contribution in [-0.4, -0.2) is 31.2 Å². The van der Waals surface area contributed by atoms with Gasteiger partial charge in [-0.3, -0.25) is 9.59 Å². The number of aromatic amines is 1. The van der Waals surface area contributed by atoms with Crippen molar-refractivity contribution >= 4 is 16.8 Å². The normalized spacial score (nSPS) is 10.9. The molecule has 0 spiro atoms. The van der Waals surface area contributed by atoms with E-state index >= 15 is 0 Å². The van der Waals surface area contributed by atoms with Crippen LogP contribution >= 0.6 is 0 Å². The number of aromatic nitrogens is 1. The molecule has 0 aliphatic heterocycles. The summed E-state index contributed by atoms with van der Waals surface area (Å²) in [5.41, 5.74) is 3.59. The first-order chi connectivity index (χ1) is 10.5. The third-order valence-corrected chi connectivity index (χ3v) is 3.62. The lowest BCUT2D eigenvalue weighted by Gasteiger charge is -2.07. The smallest absolute Gasteiger partial charge is 0.251 e. The fraction of sp³-hybridized carbons (Fsp3) is 0.412. The Morgan fingerprint density at radius 3 is 2.77 bits per heavy atom. The molecular formula is C17H22N2O3. The summed E-state index contributed by atoms with van der Waals surface area (Å²) in [7, 11) is 1.59. The number of hydrogen-bond donors (Lipinski definition) is 2. The number of carbonyl (C=O) groups is 1. The molecule has 0 atom stereocenters. The zero-order valence-electron chi connectivity index (χ0n) is 13.3. The number of amides is 1. The van der Waals surface area contributed by atoms with Crippen LogP contribution in [0.1, 0.15) is 23.1 Å². The molecule has 1 aromatic carbocycles. The van der Waals surface area contributed by atoms with E-state index in [9.17, 15) is 9.59 Å². The van der Waals surface area contributed by atoms with E-state index in [0.717, 1.165) is 22.0 Å². The molecule has 0 radical (unpaired) electrons. The highest BCUT2D eigenvalue weighted by Gasteiger charge is 2.08. The van der Waals surface area contributed by atoms with Crippen molar-refractivity contribution in [1.29, 1.82) is 0 Å². The summed E-state index contributed by atoms with van der Waals surface area (Å²) < 4.78 is 4.87. The minimum atomic E-state index is -0.121. The Morgan fingerprint density at radius 2 is 2.05 bits per heavy atom. The van der Waals surface area contributed by atoms with Crippen molar-refractivity contribution in [3.63, 3.8) is 0 Å². The van der Waals surface area contributed by atoms with E-state index in [2.05, 4.69) is 10.3 Å². The minimum absolute atomic E-state index is 0.0723. The molecule has 1 heterocycles. The molecule has 0 aliphatic rings. The zero-order valence-corrected chi connectivity index (χ0v) is 13.3. The molecule has 2 rings (SSSR count). The Kier molecular flexibility index (Phi) is 5.33. The van der Waals surface area contributed by atoms with Gasteiger partial charge in [0.1, 0.15) is 0 Å². The van der Waals surface area contributed by atoms with Gasteiger partial charge in [-0.15, -0.1) is 0 Å². The number of carbonyl (C=O) groups excluding carboxylic acids is 1. The van der Waals surface area contributed by atoms with E-state index in [1.54, 1.807) is 7.11 Å².